The molecule has 7 nitrogen and oxygen atoms in total. The molecule has 0 aromatic heterocycles. The van der Waals surface area contributed by atoms with Gasteiger partial charge in [0, 0.05) is 20.3 Å². The van der Waals surface area contributed by atoms with Gasteiger partial charge in [-0.15, -0.1) is 0 Å². The molecule has 0 aliphatic carbocycles. The summed E-state index contributed by atoms with van der Waals surface area (Å²) >= 11 is 0. The number of urea groups is 1. The first-order valence-corrected chi connectivity index (χ1v) is 7.40. The third-order valence-corrected chi connectivity index (χ3v) is 3.64. The Morgan fingerprint density at radius 3 is 2.81 bits per heavy atom. The Morgan fingerprint density at radius 1 is 1.52 bits per heavy atom. The first-order valence-electron chi connectivity index (χ1n) is 7.40. The van der Waals surface area contributed by atoms with Crippen molar-refractivity contribution in [3.05, 3.63) is 0 Å². The summed E-state index contributed by atoms with van der Waals surface area (Å²) in [6.45, 7) is 5.34. The molecule has 0 saturated carbocycles. The van der Waals surface area contributed by atoms with Gasteiger partial charge in [-0.2, -0.15) is 0 Å². The minimum absolute atomic E-state index is 0.00498. The summed E-state index contributed by atoms with van der Waals surface area (Å²) in [7, 11) is 1.56. The molecule has 3 atom stereocenters. The average Bonchev–Trinajstić information content (AvgIpc) is 2.46. The summed E-state index contributed by atoms with van der Waals surface area (Å²) < 4.78 is 10.4. The van der Waals surface area contributed by atoms with Crippen molar-refractivity contribution in [1.82, 2.24) is 10.2 Å². The number of hydrogen-bond donors (Lipinski definition) is 2. The summed E-state index contributed by atoms with van der Waals surface area (Å²) in [4.78, 5) is 25.2. The van der Waals surface area contributed by atoms with E-state index < -0.39 is 12.0 Å². The van der Waals surface area contributed by atoms with Gasteiger partial charge in [0.05, 0.1) is 18.8 Å². The van der Waals surface area contributed by atoms with Gasteiger partial charge in [-0.1, -0.05) is 6.92 Å². The van der Waals surface area contributed by atoms with Crippen molar-refractivity contribution in [2.45, 2.75) is 51.3 Å². The highest BCUT2D eigenvalue weighted by Gasteiger charge is 2.31. The fourth-order valence-corrected chi connectivity index (χ4v) is 2.35. The minimum atomic E-state index is -1.02. The zero-order valence-electron chi connectivity index (χ0n) is 13.0. The van der Waals surface area contributed by atoms with Crippen LogP contribution >= 0.6 is 0 Å². The van der Waals surface area contributed by atoms with Gasteiger partial charge in [0.2, 0.25) is 0 Å². The van der Waals surface area contributed by atoms with E-state index >= 15 is 0 Å². The number of rotatable bonds is 7. The van der Waals surface area contributed by atoms with E-state index in [9.17, 15) is 14.7 Å². The lowest BCUT2D eigenvalue weighted by molar-refractivity contribution is -0.139. The van der Waals surface area contributed by atoms with Crippen LogP contribution in [0.1, 0.15) is 33.1 Å². The highest BCUT2D eigenvalue weighted by molar-refractivity contribution is 5.82. The number of methoxy groups -OCH3 is 1. The van der Waals surface area contributed by atoms with Gasteiger partial charge in [0.25, 0.3) is 0 Å². The Bertz CT molecular complexity index is 350. The molecule has 1 rings (SSSR count). The fourth-order valence-electron chi connectivity index (χ4n) is 2.35. The standard InChI is InChI=1S/C14H26N2O5/c1-4-11-9-21-10(2)8-16(11)14(19)15-12(13(17)18)6-5-7-20-3/h10-12H,4-9H2,1-3H3,(H,15,19)(H,17,18). The van der Waals surface area contributed by atoms with Gasteiger partial charge in [0.15, 0.2) is 0 Å². The highest BCUT2D eigenvalue weighted by Crippen LogP contribution is 2.15. The second kappa shape index (κ2) is 8.84. The van der Waals surface area contributed by atoms with E-state index in [2.05, 4.69) is 5.32 Å². The maximum absolute atomic E-state index is 12.3. The average molecular weight is 302 g/mol. The number of hydrogen-bond acceptors (Lipinski definition) is 4. The largest absolute Gasteiger partial charge is 0.480 e. The van der Waals surface area contributed by atoms with Gasteiger partial charge in [-0.25, -0.2) is 9.59 Å². The monoisotopic (exact) mass is 302 g/mol. The zero-order valence-corrected chi connectivity index (χ0v) is 13.0. The summed E-state index contributed by atoms with van der Waals surface area (Å²) in [6, 6.07) is -1.22. The van der Waals surface area contributed by atoms with Crippen LogP contribution in [0.25, 0.3) is 0 Å². The number of ether oxygens (including phenoxy) is 2. The summed E-state index contributed by atoms with van der Waals surface area (Å²) in [5, 5.41) is 11.8. The molecule has 0 radical (unpaired) electrons. The first kappa shape index (κ1) is 17.7. The molecule has 2 N–H and O–H groups in total. The highest BCUT2D eigenvalue weighted by atomic mass is 16.5. The van der Waals surface area contributed by atoms with E-state index in [1.54, 1.807) is 12.0 Å². The molecule has 0 aromatic rings. The molecule has 0 aromatic carbocycles. The van der Waals surface area contributed by atoms with E-state index in [-0.39, 0.29) is 18.2 Å². The van der Waals surface area contributed by atoms with Crippen LogP contribution in [-0.2, 0) is 14.3 Å². The van der Waals surface area contributed by atoms with Crippen LogP contribution < -0.4 is 5.32 Å². The van der Waals surface area contributed by atoms with Crippen LogP contribution in [0.5, 0.6) is 0 Å². The van der Waals surface area contributed by atoms with Crippen LogP contribution in [0.4, 0.5) is 4.79 Å². The molecule has 0 spiro atoms. The van der Waals surface area contributed by atoms with Crippen molar-refractivity contribution >= 4 is 12.0 Å². The minimum Gasteiger partial charge on any atom is -0.480 e. The number of amides is 2. The third kappa shape index (κ3) is 5.51. The summed E-state index contributed by atoms with van der Waals surface area (Å²) in [5.41, 5.74) is 0. The predicted molar refractivity (Wildman–Crippen MR) is 77.3 cm³/mol. The van der Waals surface area contributed by atoms with Crippen molar-refractivity contribution in [2.75, 3.05) is 26.9 Å². The third-order valence-electron chi connectivity index (χ3n) is 3.64. The van der Waals surface area contributed by atoms with Crippen molar-refractivity contribution in [3.8, 4) is 0 Å². The number of carbonyl (C=O) groups excluding carboxylic acids is 1. The Labute approximate surface area is 125 Å². The lowest BCUT2D eigenvalue weighted by Crippen LogP contribution is -2.57. The molecule has 0 bridgehead atoms. The van der Waals surface area contributed by atoms with E-state index in [4.69, 9.17) is 9.47 Å². The van der Waals surface area contributed by atoms with Crippen molar-refractivity contribution in [3.63, 3.8) is 0 Å². The quantitative estimate of drug-likeness (QED) is 0.687. The van der Waals surface area contributed by atoms with Crippen LogP contribution in [0.3, 0.4) is 0 Å². The number of nitrogens with zero attached hydrogens (tertiary/aromatic N) is 1. The lowest BCUT2D eigenvalue weighted by Gasteiger charge is -2.38. The predicted octanol–water partition coefficient (Wildman–Crippen LogP) is 1.08. The molecule has 2 amide bonds. The number of morpholine rings is 1. The van der Waals surface area contributed by atoms with Gasteiger partial charge >= 0.3 is 12.0 Å². The molecular weight excluding hydrogens is 276 g/mol. The van der Waals surface area contributed by atoms with Crippen LogP contribution in [0.15, 0.2) is 0 Å². The van der Waals surface area contributed by atoms with Crippen LogP contribution in [-0.4, -0.2) is 67.1 Å². The molecule has 21 heavy (non-hydrogen) atoms. The Kier molecular flexibility index (Phi) is 7.45. The summed E-state index contributed by atoms with van der Waals surface area (Å²) in [6.07, 6.45) is 1.69. The normalized spacial score (nSPS) is 23.7. The molecule has 122 valence electrons. The second-order valence-corrected chi connectivity index (χ2v) is 5.33. The van der Waals surface area contributed by atoms with Gasteiger partial charge in [0.1, 0.15) is 6.04 Å². The zero-order chi connectivity index (χ0) is 15.8. The molecule has 7 heteroatoms. The Balaban J connectivity index is 2.59. The number of carboxylic acid groups (broad SMARTS) is 1. The van der Waals surface area contributed by atoms with Gasteiger partial charge in [-0.3, -0.25) is 0 Å². The van der Waals surface area contributed by atoms with E-state index in [1.165, 1.54) is 0 Å². The molecule has 3 unspecified atom stereocenters. The lowest BCUT2D eigenvalue weighted by atomic mass is 10.1. The number of nitrogens with one attached hydrogen (secondary N) is 1. The molecule has 1 aliphatic heterocycles. The fraction of sp³-hybridized carbons (Fsp3) is 0.857. The smallest absolute Gasteiger partial charge is 0.326 e. The van der Waals surface area contributed by atoms with E-state index in [0.29, 0.717) is 32.6 Å². The van der Waals surface area contributed by atoms with E-state index in [0.717, 1.165) is 6.42 Å². The molecule has 1 aliphatic rings. The van der Waals surface area contributed by atoms with E-state index in [1.807, 2.05) is 13.8 Å². The molecule has 1 heterocycles. The Hall–Kier alpha value is -1.34. The van der Waals surface area contributed by atoms with Crippen molar-refractivity contribution in [2.24, 2.45) is 0 Å². The summed E-state index contributed by atoms with van der Waals surface area (Å²) in [5.74, 6) is -1.02. The van der Waals surface area contributed by atoms with Crippen molar-refractivity contribution < 1.29 is 24.2 Å². The maximum Gasteiger partial charge on any atom is 0.326 e. The maximum atomic E-state index is 12.3. The first-order chi connectivity index (χ1) is 9.99. The topological polar surface area (TPSA) is 88.1 Å². The van der Waals surface area contributed by atoms with Gasteiger partial charge in [-0.05, 0) is 26.2 Å². The van der Waals surface area contributed by atoms with Crippen molar-refractivity contribution in [1.29, 1.82) is 0 Å². The second-order valence-electron chi connectivity index (χ2n) is 5.33. The number of aliphatic carboxylic acids is 1. The number of carboxylic acids is 1. The van der Waals surface area contributed by atoms with Crippen LogP contribution in [0.2, 0.25) is 0 Å². The molecule has 1 saturated heterocycles. The van der Waals surface area contributed by atoms with Crippen LogP contribution in [0, 0.1) is 0 Å². The SMILES string of the molecule is CCC1COC(C)CN1C(=O)NC(CCCOC)C(=O)O. The molecule has 1 fully saturated rings. The van der Waals surface area contributed by atoms with Gasteiger partial charge < -0.3 is 24.8 Å². The number of carbonyl (C=O) groups is 2. The Morgan fingerprint density at radius 2 is 2.24 bits per heavy atom. The molecular formula is C14H26N2O5.